The van der Waals surface area contributed by atoms with Crippen molar-refractivity contribution >= 4 is 0 Å². The number of fused-ring (bicyclic) bond motifs is 7. The van der Waals surface area contributed by atoms with Gasteiger partial charge in [0.25, 0.3) is 0 Å². The molecule has 0 amide bonds. The van der Waals surface area contributed by atoms with E-state index in [1.807, 2.05) is 0 Å². The molecule has 8 fully saturated rings. The second-order valence-electron chi connectivity index (χ2n) is 20.7. The van der Waals surface area contributed by atoms with Gasteiger partial charge in [-0.1, -0.05) is 32.4 Å². The van der Waals surface area contributed by atoms with Crippen LogP contribution in [-0.2, 0) is 37.9 Å². The first kappa shape index (κ1) is 47.1. The third-order valence-electron chi connectivity index (χ3n) is 17.7. The number of allylic oxidation sites excluding steroid dienone is 1. The van der Waals surface area contributed by atoms with Crippen LogP contribution >= 0.6 is 0 Å². The van der Waals surface area contributed by atoms with Crippen LogP contribution in [0.15, 0.2) is 11.6 Å². The molecule has 5 heterocycles. The average molecular weight is 903 g/mol. The van der Waals surface area contributed by atoms with Crippen LogP contribution in [0.1, 0.15) is 78.6 Å². The molecule has 360 valence electrons. The predicted molar refractivity (Wildman–Crippen MR) is 212 cm³/mol. The van der Waals surface area contributed by atoms with Gasteiger partial charge in [-0.25, -0.2) is 0 Å². The minimum absolute atomic E-state index is 0.0774. The van der Waals surface area contributed by atoms with Crippen molar-refractivity contribution in [2.45, 2.75) is 188 Å². The van der Waals surface area contributed by atoms with Gasteiger partial charge in [-0.15, -0.1) is 0 Å². The molecule has 0 aromatic carbocycles. The molecule has 3 saturated carbocycles. The Bertz CT molecular complexity index is 1650. The van der Waals surface area contributed by atoms with Crippen molar-refractivity contribution in [2.24, 2.45) is 40.4 Å². The van der Waals surface area contributed by atoms with Gasteiger partial charge in [0, 0.05) is 30.3 Å². The molecule has 5 saturated heterocycles. The zero-order valence-corrected chi connectivity index (χ0v) is 36.3. The molecule has 4 aliphatic carbocycles. The minimum atomic E-state index is -1.83. The highest BCUT2D eigenvalue weighted by Crippen LogP contribution is 2.72. The van der Waals surface area contributed by atoms with Crippen molar-refractivity contribution in [3.63, 3.8) is 0 Å². The lowest BCUT2D eigenvalue weighted by Crippen LogP contribution is -2.65. The maximum absolute atomic E-state index is 12.8. The second-order valence-corrected chi connectivity index (χ2v) is 20.7. The fraction of sp³-hybridized carbons (Fsp3) is 0.955. The van der Waals surface area contributed by atoms with E-state index in [-0.39, 0.29) is 47.9 Å². The number of hydrogen-bond donors (Lipinski definition) is 11. The first-order chi connectivity index (χ1) is 29.9. The average Bonchev–Trinajstić information content (AvgIpc) is 3.63. The van der Waals surface area contributed by atoms with Gasteiger partial charge in [0.1, 0.15) is 72.7 Å². The van der Waals surface area contributed by atoms with Gasteiger partial charge in [0.15, 0.2) is 24.7 Å². The smallest absolute Gasteiger partial charge is 0.187 e. The summed E-state index contributed by atoms with van der Waals surface area (Å²) in [5, 5.41) is 117. The summed E-state index contributed by atoms with van der Waals surface area (Å²) in [6.07, 6.45) is -13.6. The normalized spacial score (nSPS) is 56.9. The Kier molecular flexibility index (Phi) is 13.1. The Labute approximate surface area is 366 Å². The van der Waals surface area contributed by atoms with Crippen molar-refractivity contribution < 1.29 is 94.1 Å². The number of rotatable bonds is 9. The number of ether oxygens (including phenoxy) is 8. The molecular formula is C44H70O19. The van der Waals surface area contributed by atoms with E-state index < -0.39 is 117 Å². The molecule has 11 N–H and O–H groups in total. The van der Waals surface area contributed by atoms with Gasteiger partial charge in [0.2, 0.25) is 0 Å². The third kappa shape index (κ3) is 7.52. The van der Waals surface area contributed by atoms with Crippen LogP contribution in [-0.4, -0.2) is 199 Å². The molecular weight excluding hydrogens is 832 g/mol. The zero-order valence-electron chi connectivity index (χ0n) is 36.3. The molecule has 19 nitrogen and oxygen atoms in total. The van der Waals surface area contributed by atoms with Crippen LogP contribution in [0.3, 0.4) is 0 Å². The molecule has 0 aromatic heterocycles. The van der Waals surface area contributed by atoms with Gasteiger partial charge in [-0.2, -0.15) is 0 Å². The number of aliphatic hydroxyl groups excluding tert-OH is 10. The summed E-state index contributed by atoms with van der Waals surface area (Å²) < 4.78 is 48.5. The Morgan fingerprint density at radius 3 is 2.16 bits per heavy atom. The van der Waals surface area contributed by atoms with Gasteiger partial charge < -0.3 is 94.1 Å². The standard InChI is InChI=1S/C44H70O19/c1-19-43(11-6-20(14-45)16-58-43)63-29-13-25-23-5-4-21-12-22(7-9-41(21,2)24(23)8-10-42(25,3)44(19,29)55)59-39-36(54)33(51)37(62-40-35(53)32(50)31(49)27(15-46)60-40)28(61-39)18-57-38-34(52)30(48)26(47)17-56-38/h4,19-20,22-40,45-55H,5-18H2,1-3H3/t19-,20+,22+,23-,24+,25+,26+,27-,28-,29+,30+,31-,32+,33-,34-,35-,36-,37-,38+,39-,40+,41+,42+,43-,44-/m1/s1. The van der Waals surface area contributed by atoms with Crippen molar-refractivity contribution in [1.82, 2.24) is 0 Å². The van der Waals surface area contributed by atoms with E-state index in [2.05, 4.69) is 26.8 Å². The highest BCUT2D eigenvalue weighted by atomic mass is 16.8. The third-order valence-corrected chi connectivity index (χ3v) is 17.7. The summed E-state index contributed by atoms with van der Waals surface area (Å²) in [6.45, 7) is 5.63. The lowest BCUT2D eigenvalue weighted by atomic mass is 9.46. The Balaban J connectivity index is 0.883. The first-order valence-corrected chi connectivity index (χ1v) is 23.2. The van der Waals surface area contributed by atoms with Crippen molar-refractivity contribution in [3.05, 3.63) is 11.6 Å². The molecule has 25 atom stereocenters. The summed E-state index contributed by atoms with van der Waals surface area (Å²) in [7, 11) is 0. The fourth-order valence-electron chi connectivity index (χ4n) is 13.7. The molecule has 63 heavy (non-hydrogen) atoms. The van der Waals surface area contributed by atoms with Crippen LogP contribution in [0.5, 0.6) is 0 Å². The van der Waals surface area contributed by atoms with E-state index in [0.717, 1.165) is 38.5 Å². The summed E-state index contributed by atoms with van der Waals surface area (Å²) in [6, 6.07) is 0. The number of hydrogen-bond acceptors (Lipinski definition) is 19. The van der Waals surface area contributed by atoms with Crippen molar-refractivity contribution in [2.75, 3.05) is 33.0 Å². The Morgan fingerprint density at radius 1 is 0.730 bits per heavy atom. The van der Waals surface area contributed by atoms with E-state index in [1.54, 1.807) is 0 Å². The molecule has 0 unspecified atom stereocenters. The molecule has 1 spiro atoms. The lowest BCUT2D eigenvalue weighted by Gasteiger charge is -2.60. The molecule has 0 radical (unpaired) electrons. The van der Waals surface area contributed by atoms with Gasteiger partial charge >= 0.3 is 0 Å². The zero-order chi connectivity index (χ0) is 45.0. The molecule has 19 heteroatoms. The SMILES string of the molecule is C[C@@H]1[C@@]2(CC[C@@H](CO)CO2)O[C@H]2C[C@H]3[C@@H]4CC=C5C[C@@H](O[C@@H]6O[C@H](CO[C@@H]7OC[C@H](O)[C@H](O)[C@H]7O)[C@@H](O[C@@H]7O[C@H](CO)[C@@H](O)[C@H](O)[C@H]7O)[C@H](O)[C@H]6O)CC[C@]5(C)[C@H]4CC[C@]3(C)[C@]21O. The van der Waals surface area contributed by atoms with Crippen LogP contribution < -0.4 is 0 Å². The van der Waals surface area contributed by atoms with Gasteiger partial charge in [0.05, 0.1) is 38.6 Å². The van der Waals surface area contributed by atoms with Gasteiger partial charge in [-0.3, -0.25) is 0 Å². The van der Waals surface area contributed by atoms with Crippen molar-refractivity contribution in [3.8, 4) is 0 Å². The molecule has 0 bridgehead atoms. The van der Waals surface area contributed by atoms with Crippen molar-refractivity contribution in [1.29, 1.82) is 0 Å². The molecule has 5 aliphatic heterocycles. The van der Waals surface area contributed by atoms with Crippen LogP contribution in [0, 0.1) is 40.4 Å². The minimum Gasteiger partial charge on any atom is -0.396 e. The van der Waals surface area contributed by atoms with E-state index in [1.165, 1.54) is 5.57 Å². The summed E-state index contributed by atoms with van der Waals surface area (Å²) >= 11 is 0. The maximum atomic E-state index is 12.8. The summed E-state index contributed by atoms with van der Waals surface area (Å²) in [5.41, 5.74) is -0.263. The Morgan fingerprint density at radius 2 is 1.44 bits per heavy atom. The number of aliphatic hydroxyl groups is 11. The lowest BCUT2D eigenvalue weighted by molar-refractivity contribution is -0.368. The topological polar surface area (TPSA) is 296 Å². The van der Waals surface area contributed by atoms with Crippen LogP contribution in [0.4, 0.5) is 0 Å². The van der Waals surface area contributed by atoms with E-state index in [4.69, 9.17) is 37.9 Å². The van der Waals surface area contributed by atoms with E-state index in [0.29, 0.717) is 37.7 Å². The highest BCUT2D eigenvalue weighted by molar-refractivity contribution is 5.29. The summed E-state index contributed by atoms with van der Waals surface area (Å²) in [5.74, 6) is -0.00211. The van der Waals surface area contributed by atoms with Crippen LogP contribution in [0.25, 0.3) is 0 Å². The van der Waals surface area contributed by atoms with Crippen LogP contribution in [0.2, 0.25) is 0 Å². The highest BCUT2D eigenvalue weighted by Gasteiger charge is 2.76. The monoisotopic (exact) mass is 902 g/mol. The fourth-order valence-corrected chi connectivity index (χ4v) is 13.7. The van der Waals surface area contributed by atoms with E-state index in [9.17, 15) is 56.2 Å². The molecule has 0 aromatic rings. The summed E-state index contributed by atoms with van der Waals surface area (Å²) in [4.78, 5) is 0. The second kappa shape index (κ2) is 17.5. The van der Waals surface area contributed by atoms with E-state index >= 15 is 0 Å². The van der Waals surface area contributed by atoms with Gasteiger partial charge in [-0.05, 0) is 74.5 Å². The first-order valence-electron chi connectivity index (χ1n) is 23.2. The largest absolute Gasteiger partial charge is 0.396 e. The molecule has 9 rings (SSSR count). The Hall–Kier alpha value is -1.02. The molecule has 9 aliphatic rings. The maximum Gasteiger partial charge on any atom is 0.187 e. The predicted octanol–water partition coefficient (Wildman–Crippen LogP) is -2.09. The quantitative estimate of drug-likeness (QED) is 0.111.